The minimum atomic E-state index is -3.48. The Morgan fingerprint density at radius 1 is 1.06 bits per heavy atom. The fourth-order valence-corrected chi connectivity index (χ4v) is 5.94. The molecule has 1 heterocycles. The van der Waals surface area contributed by atoms with Gasteiger partial charge in [-0.2, -0.15) is 17.4 Å². The van der Waals surface area contributed by atoms with Gasteiger partial charge < -0.3 is 10.1 Å². The summed E-state index contributed by atoms with van der Waals surface area (Å²) in [4.78, 5) is 13.0. The molecule has 2 N–H and O–H groups in total. The lowest BCUT2D eigenvalue weighted by atomic mass is 9.74. The largest absolute Gasteiger partial charge is 0.496 e. The van der Waals surface area contributed by atoms with Crippen molar-refractivity contribution in [3.05, 3.63) is 65.7 Å². The van der Waals surface area contributed by atoms with Crippen molar-refractivity contribution in [1.29, 1.82) is 0 Å². The molecule has 1 saturated carbocycles. The maximum atomic E-state index is 13.0. The second kappa shape index (κ2) is 9.60. The van der Waals surface area contributed by atoms with Crippen LogP contribution in [0, 0.1) is 0 Å². The van der Waals surface area contributed by atoms with E-state index in [-0.39, 0.29) is 17.4 Å². The van der Waals surface area contributed by atoms with Crippen molar-refractivity contribution in [3.63, 3.8) is 0 Å². The topological polar surface area (TPSA) is 87.7 Å². The lowest BCUT2D eigenvalue weighted by Gasteiger charge is -2.34. The summed E-state index contributed by atoms with van der Waals surface area (Å²) in [5.74, 6) is 0.338. The van der Waals surface area contributed by atoms with Gasteiger partial charge in [-0.3, -0.25) is 4.79 Å². The Hall–Kier alpha value is -2.42. The minimum absolute atomic E-state index is 0.0854. The fourth-order valence-electron chi connectivity index (χ4n) is 4.43. The van der Waals surface area contributed by atoms with Gasteiger partial charge in [0.1, 0.15) is 5.75 Å². The molecule has 0 aromatic heterocycles. The van der Waals surface area contributed by atoms with Crippen LogP contribution in [0.3, 0.4) is 0 Å². The molecule has 2 fully saturated rings. The second-order valence-corrected chi connectivity index (χ2v) is 10.4. The van der Waals surface area contributed by atoms with E-state index in [1.165, 1.54) is 0 Å². The molecule has 0 radical (unpaired) electrons. The van der Waals surface area contributed by atoms with E-state index in [9.17, 15) is 13.2 Å². The fraction of sp³-hybridized carbons (Fsp3) is 0.458. The molecule has 4 rings (SSSR count). The van der Waals surface area contributed by atoms with Gasteiger partial charge in [0.25, 0.3) is 16.1 Å². The maximum absolute atomic E-state index is 13.0. The van der Waals surface area contributed by atoms with Gasteiger partial charge in [0.2, 0.25) is 0 Å². The van der Waals surface area contributed by atoms with E-state index in [1.807, 2.05) is 30.3 Å². The van der Waals surface area contributed by atoms with Gasteiger partial charge in [0.15, 0.2) is 0 Å². The Kier molecular flexibility index (Phi) is 6.83. The van der Waals surface area contributed by atoms with E-state index in [4.69, 9.17) is 4.74 Å². The molecule has 1 aliphatic carbocycles. The summed E-state index contributed by atoms with van der Waals surface area (Å²) in [5, 5.41) is 3.10. The predicted octanol–water partition coefficient (Wildman–Crippen LogP) is 2.85. The zero-order chi connectivity index (χ0) is 22.6. The lowest BCUT2D eigenvalue weighted by molar-refractivity contribution is 0.0937. The molecule has 32 heavy (non-hydrogen) atoms. The average molecular weight is 458 g/mol. The number of nitrogens with one attached hydrogen (secondary N) is 2. The normalized spacial score (nSPS) is 22.2. The molecular weight excluding hydrogens is 426 g/mol. The zero-order valence-electron chi connectivity index (χ0n) is 18.4. The smallest absolute Gasteiger partial charge is 0.279 e. The monoisotopic (exact) mass is 457 g/mol. The van der Waals surface area contributed by atoms with Crippen molar-refractivity contribution in [2.45, 2.75) is 43.6 Å². The molecule has 1 atom stereocenters. The Morgan fingerprint density at radius 2 is 1.78 bits per heavy atom. The third-order valence-corrected chi connectivity index (χ3v) is 8.14. The molecule has 0 bridgehead atoms. The Balaban J connectivity index is 1.53. The van der Waals surface area contributed by atoms with Gasteiger partial charge in [-0.15, -0.1) is 0 Å². The van der Waals surface area contributed by atoms with E-state index < -0.39 is 10.2 Å². The maximum Gasteiger partial charge on any atom is 0.279 e. The highest BCUT2D eigenvalue weighted by Crippen LogP contribution is 2.36. The number of ether oxygens (including phenoxy) is 1. The van der Waals surface area contributed by atoms with Crippen molar-refractivity contribution in [1.82, 2.24) is 14.3 Å². The van der Waals surface area contributed by atoms with E-state index >= 15 is 0 Å². The summed E-state index contributed by atoms with van der Waals surface area (Å²) < 4.78 is 35.3. The van der Waals surface area contributed by atoms with Gasteiger partial charge >= 0.3 is 0 Å². The van der Waals surface area contributed by atoms with Crippen molar-refractivity contribution >= 4 is 16.1 Å². The van der Waals surface area contributed by atoms with E-state index in [2.05, 4.69) is 22.2 Å². The van der Waals surface area contributed by atoms with E-state index in [0.29, 0.717) is 37.4 Å². The summed E-state index contributed by atoms with van der Waals surface area (Å²) in [5.41, 5.74) is 1.27. The molecule has 0 spiro atoms. The SMILES string of the molecule is COc1ccccc1C(=O)NCC1(c2ccccc2)CCCN(S(=O)(=O)NC2CC2)CC1. The van der Waals surface area contributed by atoms with Crippen LogP contribution in [0.25, 0.3) is 0 Å². The van der Waals surface area contributed by atoms with Crippen molar-refractivity contribution in [2.75, 3.05) is 26.7 Å². The van der Waals surface area contributed by atoms with Gasteiger partial charge in [-0.25, -0.2) is 0 Å². The summed E-state index contributed by atoms with van der Waals surface area (Å²) in [6.45, 7) is 1.33. The minimum Gasteiger partial charge on any atom is -0.496 e. The first-order valence-electron chi connectivity index (χ1n) is 11.2. The van der Waals surface area contributed by atoms with Crippen LogP contribution in [-0.2, 0) is 15.6 Å². The van der Waals surface area contributed by atoms with Gasteiger partial charge in [-0.1, -0.05) is 42.5 Å². The van der Waals surface area contributed by atoms with Crippen molar-refractivity contribution < 1.29 is 17.9 Å². The van der Waals surface area contributed by atoms with Crippen LogP contribution in [0.2, 0.25) is 0 Å². The standard InChI is InChI=1S/C24H31N3O4S/c1-31-22-11-6-5-10-21(22)23(28)25-18-24(19-8-3-2-4-9-19)14-7-16-27(17-15-24)32(29,30)26-20-12-13-20/h2-6,8-11,20,26H,7,12-18H2,1H3,(H,25,28). The summed E-state index contributed by atoms with van der Waals surface area (Å²) in [6, 6.07) is 17.3. The van der Waals surface area contributed by atoms with Gasteiger partial charge in [-0.05, 0) is 49.8 Å². The molecule has 7 nitrogen and oxygen atoms in total. The molecule has 8 heteroatoms. The van der Waals surface area contributed by atoms with Crippen LogP contribution < -0.4 is 14.8 Å². The summed E-state index contributed by atoms with van der Waals surface area (Å²) >= 11 is 0. The number of hydrogen-bond donors (Lipinski definition) is 2. The van der Waals surface area contributed by atoms with Crippen LogP contribution in [0.15, 0.2) is 54.6 Å². The van der Waals surface area contributed by atoms with Crippen molar-refractivity contribution in [2.24, 2.45) is 0 Å². The first-order valence-corrected chi connectivity index (χ1v) is 12.6. The summed E-state index contributed by atoms with van der Waals surface area (Å²) in [6.07, 6.45) is 3.98. The van der Waals surface area contributed by atoms with Gasteiger partial charge in [0.05, 0.1) is 12.7 Å². The van der Waals surface area contributed by atoms with Crippen LogP contribution in [0.5, 0.6) is 5.75 Å². The highest BCUT2D eigenvalue weighted by Gasteiger charge is 2.38. The van der Waals surface area contributed by atoms with E-state index in [1.54, 1.807) is 23.5 Å². The lowest BCUT2D eigenvalue weighted by Crippen LogP contribution is -2.44. The molecule has 172 valence electrons. The third-order valence-electron chi connectivity index (χ3n) is 6.46. The van der Waals surface area contributed by atoms with E-state index in [0.717, 1.165) is 31.2 Å². The molecule has 1 unspecified atom stereocenters. The molecule has 1 saturated heterocycles. The molecule has 2 aromatic carbocycles. The zero-order valence-corrected chi connectivity index (χ0v) is 19.2. The van der Waals surface area contributed by atoms with Crippen LogP contribution in [-0.4, -0.2) is 51.4 Å². The Labute approximate surface area is 190 Å². The second-order valence-electron chi connectivity index (χ2n) is 8.68. The number of amides is 1. The number of methoxy groups -OCH3 is 1. The van der Waals surface area contributed by atoms with Crippen molar-refractivity contribution in [3.8, 4) is 5.75 Å². The number of nitrogens with zero attached hydrogens (tertiary/aromatic N) is 1. The first kappa shape index (κ1) is 22.8. The molecule has 2 aliphatic rings. The molecular formula is C24H31N3O4S. The highest BCUT2D eigenvalue weighted by molar-refractivity contribution is 7.87. The number of carbonyl (C=O) groups excluding carboxylic acids is 1. The first-order chi connectivity index (χ1) is 15.4. The van der Waals surface area contributed by atoms with Gasteiger partial charge in [0, 0.05) is 31.1 Å². The van der Waals surface area contributed by atoms with Crippen LogP contribution in [0.1, 0.15) is 48.0 Å². The number of benzene rings is 2. The number of para-hydroxylation sites is 1. The van der Waals surface area contributed by atoms with Crippen LogP contribution >= 0.6 is 0 Å². The molecule has 2 aromatic rings. The molecule has 1 aliphatic heterocycles. The quantitative estimate of drug-likeness (QED) is 0.638. The Bertz CT molecular complexity index is 1040. The number of carbonyl (C=O) groups is 1. The highest BCUT2D eigenvalue weighted by atomic mass is 32.2. The Morgan fingerprint density at radius 3 is 2.50 bits per heavy atom. The van der Waals surface area contributed by atoms with Crippen LogP contribution in [0.4, 0.5) is 0 Å². The predicted molar refractivity (Wildman–Crippen MR) is 124 cm³/mol. The average Bonchev–Trinajstić information content (AvgIpc) is 3.64. The molecule has 1 amide bonds. The number of hydrogen-bond acceptors (Lipinski definition) is 4. The summed E-state index contributed by atoms with van der Waals surface area (Å²) in [7, 11) is -1.93. The number of rotatable bonds is 8. The third kappa shape index (κ3) is 5.14.